The van der Waals surface area contributed by atoms with Crippen LogP contribution in [0.2, 0.25) is 0 Å². The molecule has 2 heterocycles. The van der Waals surface area contributed by atoms with Crippen molar-refractivity contribution >= 4 is 11.8 Å². The van der Waals surface area contributed by atoms with E-state index in [9.17, 15) is 0 Å². The molecular weight excluding hydrogens is 220 g/mol. The summed E-state index contributed by atoms with van der Waals surface area (Å²) in [7, 11) is 0. The van der Waals surface area contributed by atoms with Crippen LogP contribution >= 0.6 is 11.8 Å². The number of nitrogens with zero attached hydrogens (tertiary/aromatic N) is 2. The number of pyridine rings is 1. The van der Waals surface area contributed by atoms with Crippen LogP contribution in [0.25, 0.3) is 0 Å². The Kier molecular flexibility index (Phi) is 3.28. The summed E-state index contributed by atoms with van der Waals surface area (Å²) < 4.78 is 5.21. The quantitative estimate of drug-likeness (QED) is 0.760. The Morgan fingerprint density at radius 2 is 2.38 bits per heavy atom. The third-order valence-electron chi connectivity index (χ3n) is 2.19. The molecule has 0 aliphatic carbocycles. The third-order valence-corrected chi connectivity index (χ3v) is 3.38. The van der Waals surface area contributed by atoms with E-state index in [-0.39, 0.29) is 0 Å². The van der Waals surface area contributed by atoms with E-state index in [1.54, 1.807) is 24.2 Å². The van der Waals surface area contributed by atoms with E-state index < -0.39 is 0 Å². The first-order valence-corrected chi connectivity index (χ1v) is 5.80. The van der Waals surface area contributed by atoms with Gasteiger partial charge in [0, 0.05) is 16.8 Å². The highest BCUT2D eigenvalue weighted by Gasteiger charge is 2.06. The molecule has 0 saturated carbocycles. The third kappa shape index (κ3) is 2.26. The monoisotopic (exact) mass is 230 g/mol. The Morgan fingerprint density at radius 3 is 3.06 bits per heavy atom. The van der Waals surface area contributed by atoms with Gasteiger partial charge in [-0.1, -0.05) is 6.07 Å². The minimum atomic E-state index is 0.496. The number of nitriles is 1. The molecule has 0 fully saturated rings. The maximum atomic E-state index is 8.89. The number of hydrogen-bond donors (Lipinski definition) is 0. The molecule has 2 aromatic heterocycles. The van der Waals surface area contributed by atoms with E-state index in [0.717, 1.165) is 22.0 Å². The number of hydrogen-bond acceptors (Lipinski definition) is 4. The lowest BCUT2D eigenvalue weighted by Gasteiger charge is -2.01. The lowest BCUT2D eigenvalue weighted by atomic mass is 10.2. The van der Waals surface area contributed by atoms with Crippen LogP contribution in [0.15, 0.2) is 40.0 Å². The zero-order chi connectivity index (χ0) is 11.4. The van der Waals surface area contributed by atoms with Gasteiger partial charge in [-0.2, -0.15) is 5.26 Å². The molecule has 0 spiro atoms. The van der Waals surface area contributed by atoms with Crippen LogP contribution in [0.3, 0.4) is 0 Å². The predicted octanol–water partition coefficient (Wildman–Crippen LogP) is 3.15. The lowest BCUT2D eigenvalue weighted by Crippen LogP contribution is -1.90. The SMILES string of the molecule is Cc1occc1SCc1cccnc1C#N. The molecule has 2 aromatic rings. The van der Waals surface area contributed by atoms with E-state index in [4.69, 9.17) is 9.68 Å². The molecule has 80 valence electrons. The Labute approximate surface area is 98.1 Å². The van der Waals surface area contributed by atoms with Crippen molar-refractivity contribution in [2.75, 3.05) is 0 Å². The fourth-order valence-corrected chi connectivity index (χ4v) is 2.28. The lowest BCUT2D eigenvalue weighted by molar-refractivity contribution is 0.527. The second-order valence-electron chi connectivity index (χ2n) is 3.25. The summed E-state index contributed by atoms with van der Waals surface area (Å²) in [6.45, 7) is 1.93. The highest BCUT2D eigenvalue weighted by molar-refractivity contribution is 7.98. The van der Waals surface area contributed by atoms with Crippen molar-refractivity contribution in [1.82, 2.24) is 4.98 Å². The van der Waals surface area contributed by atoms with E-state index in [2.05, 4.69) is 11.1 Å². The summed E-state index contributed by atoms with van der Waals surface area (Å²) in [5.41, 5.74) is 1.45. The van der Waals surface area contributed by atoms with Crippen molar-refractivity contribution in [3.63, 3.8) is 0 Å². The Balaban J connectivity index is 2.11. The average molecular weight is 230 g/mol. The van der Waals surface area contributed by atoms with Gasteiger partial charge in [-0.05, 0) is 24.6 Å². The molecule has 0 unspecified atom stereocenters. The second-order valence-corrected chi connectivity index (χ2v) is 4.27. The van der Waals surface area contributed by atoms with Crippen LogP contribution in [-0.4, -0.2) is 4.98 Å². The smallest absolute Gasteiger partial charge is 0.144 e. The summed E-state index contributed by atoms with van der Waals surface area (Å²) in [5.74, 6) is 1.64. The van der Waals surface area contributed by atoms with Gasteiger partial charge in [0.2, 0.25) is 0 Å². The Hall–Kier alpha value is -1.73. The fourth-order valence-electron chi connectivity index (χ4n) is 1.33. The van der Waals surface area contributed by atoms with Gasteiger partial charge in [0.1, 0.15) is 17.5 Å². The van der Waals surface area contributed by atoms with Gasteiger partial charge in [-0.15, -0.1) is 11.8 Å². The maximum Gasteiger partial charge on any atom is 0.144 e. The summed E-state index contributed by atoms with van der Waals surface area (Å²) in [4.78, 5) is 5.13. The molecule has 0 bridgehead atoms. The van der Waals surface area contributed by atoms with E-state index in [1.165, 1.54) is 0 Å². The molecule has 0 amide bonds. The van der Waals surface area contributed by atoms with Crippen molar-refractivity contribution in [3.05, 3.63) is 47.7 Å². The summed E-state index contributed by atoms with van der Waals surface area (Å²) in [6, 6.07) is 7.80. The Morgan fingerprint density at radius 1 is 1.50 bits per heavy atom. The molecule has 0 N–H and O–H groups in total. The summed E-state index contributed by atoms with van der Waals surface area (Å²) >= 11 is 1.65. The van der Waals surface area contributed by atoms with Gasteiger partial charge in [0.25, 0.3) is 0 Å². The summed E-state index contributed by atoms with van der Waals surface area (Å²) in [6.07, 6.45) is 3.31. The maximum absolute atomic E-state index is 8.89. The molecule has 3 nitrogen and oxygen atoms in total. The first-order valence-electron chi connectivity index (χ1n) is 4.82. The number of furan rings is 1. The molecule has 0 aromatic carbocycles. The van der Waals surface area contributed by atoms with Crippen molar-refractivity contribution in [3.8, 4) is 6.07 Å². The highest BCUT2D eigenvalue weighted by Crippen LogP contribution is 2.27. The molecule has 0 aliphatic heterocycles. The molecule has 0 radical (unpaired) electrons. The molecule has 2 rings (SSSR count). The number of rotatable bonds is 3. The zero-order valence-electron chi connectivity index (χ0n) is 8.80. The van der Waals surface area contributed by atoms with Crippen molar-refractivity contribution < 1.29 is 4.42 Å². The van der Waals surface area contributed by atoms with Crippen molar-refractivity contribution in [1.29, 1.82) is 5.26 Å². The topological polar surface area (TPSA) is 49.8 Å². The predicted molar refractivity (Wildman–Crippen MR) is 62.0 cm³/mol. The van der Waals surface area contributed by atoms with Gasteiger partial charge in [0.15, 0.2) is 0 Å². The van der Waals surface area contributed by atoms with Gasteiger partial charge in [-0.25, -0.2) is 4.98 Å². The van der Waals surface area contributed by atoms with E-state index in [0.29, 0.717) is 5.69 Å². The first kappa shape index (κ1) is 10.8. The largest absolute Gasteiger partial charge is 0.468 e. The van der Waals surface area contributed by atoms with Crippen LogP contribution in [0.1, 0.15) is 17.0 Å². The van der Waals surface area contributed by atoms with Gasteiger partial charge < -0.3 is 4.42 Å². The van der Waals surface area contributed by atoms with Crippen molar-refractivity contribution in [2.45, 2.75) is 17.6 Å². The normalized spacial score (nSPS) is 10.0. The van der Waals surface area contributed by atoms with E-state index >= 15 is 0 Å². The number of aromatic nitrogens is 1. The number of aryl methyl sites for hydroxylation is 1. The molecule has 0 aliphatic rings. The molecule has 0 saturated heterocycles. The molecule has 16 heavy (non-hydrogen) atoms. The van der Waals surface area contributed by atoms with Crippen LogP contribution in [0.5, 0.6) is 0 Å². The van der Waals surface area contributed by atoms with Crippen LogP contribution in [-0.2, 0) is 5.75 Å². The van der Waals surface area contributed by atoms with E-state index in [1.807, 2.05) is 25.1 Å². The molecular formula is C12H10N2OS. The first-order chi connectivity index (χ1) is 7.81. The van der Waals surface area contributed by atoms with Gasteiger partial charge >= 0.3 is 0 Å². The van der Waals surface area contributed by atoms with Gasteiger partial charge in [0.05, 0.1) is 6.26 Å². The van der Waals surface area contributed by atoms with Crippen LogP contribution in [0.4, 0.5) is 0 Å². The summed E-state index contributed by atoms with van der Waals surface area (Å²) in [5, 5.41) is 8.89. The zero-order valence-corrected chi connectivity index (χ0v) is 9.62. The standard InChI is InChI=1S/C12H10N2OS/c1-9-12(4-6-15-9)16-8-10-3-2-5-14-11(10)7-13/h2-6H,8H2,1H3. The molecule has 0 atom stereocenters. The average Bonchev–Trinajstić information content (AvgIpc) is 2.72. The minimum Gasteiger partial charge on any atom is -0.468 e. The number of thioether (sulfide) groups is 1. The Bertz CT molecular complexity index is 528. The highest BCUT2D eigenvalue weighted by atomic mass is 32.2. The fraction of sp³-hybridized carbons (Fsp3) is 0.167. The molecule has 4 heteroatoms. The van der Waals surface area contributed by atoms with Crippen LogP contribution < -0.4 is 0 Å². The van der Waals surface area contributed by atoms with Gasteiger partial charge in [-0.3, -0.25) is 0 Å². The van der Waals surface area contributed by atoms with Crippen LogP contribution in [0, 0.1) is 18.3 Å². The van der Waals surface area contributed by atoms with Crippen molar-refractivity contribution in [2.24, 2.45) is 0 Å². The minimum absolute atomic E-state index is 0.496. The second kappa shape index (κ2) is 4.86.